The first-order valence-electron chi connectivity index (χ1n) is 3.98. The van der Waals surface area contributed by atoms with E-state index in [-0.39, 0.29) is 16.3 Å². The molecular formula is C9H10ClFO2S. The average molecular weight is 237 g/mol. The maximum atomic E-state index is 12.8. The fourth-order valence-corrected chi connectivity index (χ4v) is 1.48. The van der Waals surface area contributed by atoms with Gasteiger partial charge in [0.15, 0.2) is 0 Å². The minimum atomic E-state index is -1.21. The fourth-order valence-electron chi connectivity index (χ4n) is 1.05. The van der Waals surface area contributed by atoms with Gasteiger partial charge in [-0.05, 0) is 18.2 Å². The first-order chi connectivity index (χ1) is 6.56. The maximum Gasteiger partial charge on any atom is 0.123 e. The SMILES string of the molecule is OC(CS)C(O)c1cc(F)ccc1Cl. The van der Waals surface area contributed by atoms with E-state index < -0.39 is 18.0 Å². The number of aliphatic hydroxyl groups excluding tert-OH is 2. The van der Waals surface area contributed by atoms with Gasteiger partial charge < -0.3 is 10.2 Å². The average Bonchev–Trinajstić information content (AvgIpc) is 2.19. The van der Waals surface area contributed by atoms with Crippen LogP contribution in [0.4, 0.5) is 4.39 Å². The van der Waals surface area contributed by atoms with Crippen molar-refractivity contribution in [3.05, 3.63) is 34.6 Å². The molecule has 14 heavy (non-hydrogen) atoms. The molecule has 2 atom stereocenters. The van der Waals surface area contributed by atoms with Gasteiger partial charge in [-0.15, -0.1) is 0 Å². The first-order valence-corrected chi connectivity index (χ1v) is 4.99. The molecule has 0 saturated carbocycles. The van der Waals surface area contributed by atoms with Crippen LogP contribution in [-0.4, -0.2) is 22.1 Å². The van der Waals surface area contributed by atoms with Crippen LogP contribution in [0.2, 0.25) is 5.02 Å². The molecule has 0 amide bonds. The fraction of sp³-hybridized carbons (Fsp3) is 0.333. The molecular weight excluding hydrogens is 227 g/mol. The van der Waals surface area contributed by atoms with Crippen molar-refractivity contribution < 1.29 is 14.6 Å². The molecule has 1 rings (SSSR count). The zero-order chi connectivity index (χ0) is 10.7. The Morgan fingerprint density at radius 2 is 2.07 bits per heavy atom. The van der Waals surface area contributed by atoms with Gasteiger partial charge in [-0.3, -0.25) is 0 Å². The molecule has 0 aliphatic rings. The summed E-state index contributed by atoms with van der Waals surface area (Å²) in [5, 5.41) is 19.1. The summed E-state index contributed by atoms with van der Waals surface area (Å²) in [6.07, 6.45) is -2.27. The highest BCUT2D eigenvalue weighted by Crippen LogP contribution is 2.26. The van der Waals surface area contributed by atoms with Gasteiger partial charge >= 0.3 is 0 Å². The minimum absolute atomic E-state index is 0.0774. The second-order valence-electron chi connectivity index (χ2n) is 2.86. The summed E-state index contributed by atoms with van der Waals surface area (Å²) in [6, 6.07) is 3.62. The third kappa shape index (κ3) is 2.60. The number of benzene rings is 1. The predicted molar refractivity (Wildman–Crippen MR) is 56.2 cm³/mol. The van der Waals surface area contributed by atoms with Crippen molar-refractivity contribution in [1.29, 1.82) is 0 Å². The number of hydrogen-bond acceptors (Lipinski definition) is 3. The van der Waals surface area contributed by atoms with Crippen LogP contribution in [0.1, 0.15) is 11.7 Å². The minimum Gasteiger partial charge on any atom is -0.389 e. The Balaban J connectivity index is 2.99. The lowest BCUT2D eigenvalue weighted by Crippen LogP contribution is -2.20. The number of thiol groups is 1. The molecule has 2 unspecified atom stereocenters. The molecule has 0 heterocycles. The Labute approximate surface area is 91.7 Å². The summed E-state index contributed by atoms with van der Waals surface area (Å²) in [5.74, 6) is -0.427. The van der Waals surface area contributed by atoms with Gasteiger partial charge in [0.1, 0.15) is 11.9 Å². The van der Waals surface area contributed by atoms with Crippen LogP contribution in [-0.2, 0) is 0 Å². The first kappa shape index (κ1) is 11.8. The van der Waals surface area contributed by atoms with Gasteiger partial charge in [0, 0.05) is 16.3 Å². The third-order valence-electron chi connectivity index (χ3n) is 1.83. The van der Waals surface area contributed by atoms with Crippen molar-refractivity contribution in [3.8, 4) is 0 Å². The lowest BCUT2D eigenvalue weighted by atomic mass is 10.1. The predicted octanol–water partition coefficient (Wildman–Crippen LogP) is 1.80. The number of rotatable bonds is 3. The van der Waals surface area contributed by atoms with Crippen molar-refractivity contribution in [3.63, 3.8) is 0 Å². The summed E-state index contributed by atoms with van der Waals surface area (Å²) in [5.41, 5.74) is 0.174. The summed E-state index contributed by atoms with van der Waals surface area (Å²) < 4.78 is 12.8. The van der Waals surface area contributed by atoms with Gasteiger partial charge in [0.2, 0.25) is 0 Å². The molecule has 5 heteroatoms. The topological polar surface area (TPSA) is 40.5 Å². The summed E-state index contributed by atoms with van der Waals surface area (Å²) in [7, 11) is 0. The highest BCUT2D eigenvalue weighted by atomic mass is 35.5. The van der Waals surface area contributed by atoms with Crippen LogP contribution < -0.4 is 0 Å². The smallest absolute Gasteiger partial charge is 0.123 e. The molecule has 0 aliphatic carbocycles. The molecule has 0 radical (unpaired) electrons. The highest BCUT2D eigenvalue weighted by Gasteiger charge is 2.19. The zero-order valence-corrected chi connectivity index (χ0v) is 8.84. The number of aliphatic hydroxyl groups is 2. The van der Waals surface area contributed by atoms with Crippen LogP contribution in [0.15, 0.2) is 18.2 Å². The summed E-state index contributed by atoms with van der Waals surface area (Å²) in [6.45, 7) is 0. The van der Waals surface area contributed by atoms with Crippen molar-refractivity contribution >= 4 is 24.2 Å². The quantitative estimate of drug-likeness (QED) is 0.701. The van der Waals surface area contributed by atoms with E-state index >= 15 is 0 Å². The van der Waals surface area contributed by atoms with Crippen molar-refractivity contribution in [1.82, 2.24) is 0 Å². The molecule has 2 nitrogen and oxygen atoms in total. The second-order valence-corrected chi connectivity index (χ2v) is 3.63. The maximum absolute atomic E-state index is 12.8. The van der Waals surface area contributed by atoms with E-state index in [0.29, 0.717) is 0 Å². The van der Waals surface area contributed by atoms with Crippen LogP contribution >= 0.6 is 24.2 Å². The standard InChI is InChI=1S/C9H10ClFO2S/c10-7-2-1-5(11)3-6(7)9(13)8(12)4-14/h1-3,8-9,12-14H,4H2. The Kier molecular flexibility index (Phi) is 4.19. The van der Waals surface area contributed by atoms with Crippen molar-refractivity contribution in [2.45, 2.75) is 12.2 Å². The van der Waals surface area contributed by atoms with Gasteiger partial charge in [0.25, 0.3) is 0 Å². The van der Waals surface area contributed by atoms with Crippen LogP contribution in [0.25, 0.3) is 0 Å². The molecule has 0 aromatic heterocycles. The molecule has 0 bridgehead atoms. The number of hydrogen-bond donors (Lipinski definition) is 3. The van der Waals surface area contributed by atoms with Gasteiger partial charge in [-0.1, -0.05) is 11.6 Å². The van der Waals surface area contributed by atoms with Gasteiger partial charge in [0.05, 0.1) is 6.10 Å². The Morgan fingerprint density at radius 1 is 1.43 bits per heavy atom. The molecule has 1 aromatic rings. The largest absolute Gasteiger partial charge is 0.389 e. The highest BCUT2D eigenvalue weighted by molar-refractivity contribution is 7.80. The van der Waals surface area contributed by atoms with Crippen LogP contribution in [0.3, 0.4) is 0 Å². The molecule has 0 saturated heterocycles. The van der Waals surface area contributed by atoms with Gasteiger partial charge in [-0.2, -0.15) is 12.6 Å². The summed E-state index contributed by atoms with van der Waals surface area (Å²) in [4.78, 5) is 0. The molecule has 0 aliphatic heterocycles. The van der Waals surface area contributed by atoms with E-state index in [9.17, 15) is 14.6 Å². The van der Waals surface area contributed by atoms with E-state index in [1.807, 2.05) is 0 Å². The summed E-state index contributed by atoms with van der Waals surface area (Å²) >= 11 is 9.55. The van der Waals surface area contributed by atoms with E-state index in [4.69, 9.17) is 11.6 Å². The van der Waals surface area contributed by atoms with Crippen molar-refractivity contribution in [2.24, 2.45) is 0 Å². The molecule has 2 N–H and O–H groups in total. The van der Waals surface area contributed by atoms with Gasteiger partial charge in [-0.25, -0.2) is 4.39 Å². The lowest BCUT2D eigenvalue weighted by molar-refractivity contribution is 0.0336. The monoisotopic (exact) mass is 236 g/mol. The Bertz CT molecular complexity index is 322. The number of halogens is 2. The molecule has 0 fully saturated rings. The third-order valence-corrected chi connectivity index (χ3v) is 2.55. The van der Waals surface area contributed by atoms with E-state index in [1.165, 1.54) is 12.1 Å². The molecule has 1 aromatic carbocycles. The van der Waals surface area contributed by atoms with Crippen molar-refractivity contribution in [2.75, 3.05) is 5.75 Å². The molecule has 78 valence electrons. The normalized spacial score (nSPS) is 15.2. The van der Waals surface area contributed by atoms with E-state index in [2.05, 4.69) is 12.6 Å². The zero-order valence-electron chi connectivity index (χ0n) is 7.19. The van der Waals surface area contributed by atoms with Crippen LogP contribution in [0, 0.1) is 5.82 Å². The lowest BCUT2D eigenvalue weighted by Gasteiger charge is -2.17. The molecule has 0 spiro atoms. The van der Waals surface area contributed by atoms with E-state index in [1.54, 1.807) is 0 Å². The van der Waals surface area contributed by atoms with Crippen LogP contribution in [0.5, 0.6) is 0 Å². The van der Waals surface area contributed by atoms with E-state index in [0.717, 1.165) is 6.07 Å². The Morgan fingerprint density at radius 3 is 2.64 bits per heavy atom. The second kappa shape index (κ2) is 4.98. The Hall–Kier alpha value is -0.290.